The summed E-state index contributed by atoms with van der Waals surface area (Å²) in [6, 6.07) is 7.90. The van der Waals surface area contributed by atoms with Crippen LogP contribution in [-0.2, 0) is 19.5 Å². The third kappa shape index (κ3) is 4.10. The van der Waals surface area contributed by atoms with Gasteiger partial charge in [-0.3, -0.25) is 0 Å². The fraction of sp³-hybridized carbons (Fsp3) is 0.438. The molecule has 0 aliphatic carbocycles. The molecule has 1 aromatic carbocycles. The van der Waals surface area contributed by atoms with Crippen LogP contribution >= 0.6 is 0 Å². The highest BCUT2D eigenvalue weighted by Gasteiger charge is 2.05. The zero-order valence-electron chi connectivity index (χ0n) is 12.2. The number of hydrogen-bond acceptors (Lipinski definition) is 3. The summed E-state index contributed by atoms with van der Waals surface area (Å²) < 4.78 is 2.15. The number of phenols is 1. The van der Waals surface area contributed by atoms with E-state index in [-0.39, 0.29) is 0 Å². The molecule has 0 fully saturated rings. The van der Waals surface area contributed by atoms with Gasteiger partial charge in [0.25, 0.3) is 0 Å². The van der Waals surface area contributed by atoms with Gasteiger partial charge < -0.3 is 15.0 Å². The Morgan fingerprint density at radius 3 is 2.75 bits per heavy atom. The van der Waals surface area contributed by atoms with Gasteiger partial charge in [0, 0.05) is 25.3 Å². The molecule has 20 heavy (non-hydrogen) atoms. The molecular weight excluding hydrogens is 250 g/mol. The lowest BCUT2D eigenvalue weighted by Crippen LogP contribution is -2.27. The SMILES string of the molecule is CCn1cncc1CNC(C)CCc1ccc(O)cc1. The molecule has 0 spiro atoms. The van der Waals surface area contributed by atoms with E-state index in [0.29, 0.717) is 11.8 Å². The minimum atomic E-state index is 0.327. The Balaban J connectivity index is 1.75. The first-order valence-corrected chi connectivity index (χ1v) is 7.19. The molecule has 0 saturated heterocycles. The largest absolute Gasteiger partial charge is 0.508 e. The van der Waals surface area contributed by atoms with Crippen LogP contribution in [0.3, 0.4) is 0 Å². The van der Waals surface area contributed by atoms with E-state index >= 15 is 0 Å². The van der Waals surface area contributed by atoms with Crippen LogP contribution in [0.25, 0.3) is 0 Å². The number of hydrogen-bond donors (Lipinski definition) is 2. The third-order valence-electron chi connectivity index (χ3n) is 3.57. The number of benzene rings is 1. The van der Waals surface area contributed by atoms with Gasteiger partial charge in [-0.25, -0.2) is 4.98 Å². The van der Waals surface area contributed by atoms with Crippen molar-refractivity contribution in [3.63, 3.8) is 0 Å². The second-order valence-corrected chi connectivity index (χ2v) is 5.16. The molecule has 4 heteroatoms. The van der Waals surface area contributed by atoms with Gasteiger partial charge in [0.15, 0.2) is 0 Å². The van der Waals surface area contributed by atoms with Crippen LogP contribution in [-0.4, -0.2) is 20.7 Å². The fourth-order valence-corrected chi connectivity index (χ4v) is 2.21. The van der Waals surface area contributed by atoms with Crippen molar-refractivity contribution >= 4 is 0 Å². The van der Waals surface area contributed by atoms with Crippen molar-refractivity contribution in [3.05, 3.63) is 48.0 Å². The van der Waals surface area contributed by atoms with Gasteiger partial charge in [-0.05, 0) is 44.4 Å². The number of nitrogens with one attached hydrogen (secondary N) is 1. The monoisotopic (exact) mass is 273 g/mol. The Kier molecular flexibility index (Phi) is 5.18. The van der Waals surface area contributed by atoms with Crippen LogP contribution in [0.5, 0.6) is 5.75 Å². The van der Waals surface area contributed by atoms with E-state index in [2.05, 4.69) is 28.7 Å². The predicted octanol–water partition coefficient (Wildman–Crippen LogP) is 2.72. The van der Waals surface area contributed by atoms with E-state index in [1.165, 1.54) is 11.3 Å². The van der Waals surface area contributed by atoms with Gasteiger partial charge in [-0.2, -0.15) is 0 Å². The van der Waals surface area contributed by atoms with Crippen LogP contribution in [0.4, 0.5) is 0 Å². The summed E-state index contributed by atoms with van der Waals surface area (Å²) in [7, 11) is 0. The van der Waals surface area contributed by atoms with Gasteiger partial charge >= 0.3 is 0 Å². The lowest BCUT2D eigenvalue weighted by molar-refractivity contribution is 0.474. The van der Waals surface area contributed by atoms with Crippen molar-refractivity contribution in [2.45, 2.75) is 45.8 Å². The summed E-state index contributed by atoms with van der Waals surface area (Å²) in [4.78, 5) is 4.17. The standard InChI is InChI=1S/C16H23N3O/c1-3-19-12-17-10-15(19)11-18-13(2)4-5-14-6-8-16(20)9-7-14/h6-10,12-13,18,20H,3-5,11H2,1-2H3. The zero-order chi connectivity index (χ0) is 14.4. The summed E-state index contributed by atoms with van der Waals surface area (Å²) in [5, 5.41) is 12.8. The molecule has 0 aliphatic rings. The lowest BCUT2D eigenvalue weighted by atomic mass is 10.1. The predicted molar refractivity (Wildman–Crippen MR) is 80.6 cm³/mol. The molecule has 0 radical (unpaired) electrons. The summed E-state index contributed by atoms with van der Waals surface area (Å²) in [5.41, 5.74) is 2.49. The second kappa shape index (κ2) is 7.10. The number of nitrogens with zero attached hydrogens (tertiary/aromatic N) is 2. The first-order chi connectivity index (χ1) is 9.69. The molecule has 1 heterocycles. The van der Waals surface area contributed by atoms with Gasteiger partial charge in [0.05, 0.1) is 12.0 Å². The summed E-state index contributed by atoms with van der Waals surface area (Å²) >= 11 is 0. The molecule has 0 saturated carbocycles. The quantitative estimate of drug-likeness (QED) is 0.815. The summed E-state index contributed by atoms with van der Waals surface area (Å²) in [6.07, 6.45) is 5.88. The van der Waals surface area contributed by atoms with Crippen molar-refractivity contribution < 1.29 is 5.11 Å². The average molecular weight is 273 g/mol. The van der Waals surface area contributed by atoms with Crippen LogP contribution in [0, 0.1) is 0 Å². The maximum atomic E-state index is 9.25. The molecule has 1 atom stereocenters. The van der Waals surface area contributed by atoms with Crippen LogP contribution in [0.1, 0.15) is 31.5 Å². The number of aryl methyl sites for hydroxylation is 2. The average Bonchev–Trinajstić information content (AvgIpc) is 2.92. The van der Waals surface area contributed by atoms with E-state index in [1.54, 1.807) is 12.1 Å². The number of phenolic OH excluding ortho intramolecular Hbond substituents is 1. The number of aromatic hydroxyl groups is 1. The van der Waals surface area contributed by atoms with Gasteiger partial charge in [-0.15, -0.1) is 0 Å². The highest BCUT2D eigenvalue weighted by molar-refractivity contribution is 5.25. The molecule has 1 unspecified atom stereocenters. The fourth-order valence-electron chi connectivity index (χ4n) is 2.21. The van der Waals surface area contributed by atoms with Gasteiger partial charge in [0.2, 0.25) is 0 Å². The van der Waals surface area contributed by atoms with Crippen molar-refractivity contribution in [2.24, 2.45) is 0 Å². The lowest BCUT2D eigenvalue weighted by Gasteiger charge is -2.14. The molecule has 4 nitrogen and oxygen atoms in total. The zero-order valence-corrected chi connectivity index (χ0v) is 12.2. The van der Waals surface area contributed by atoms with E-state index in [0.717, 1.165) is 25.9 Å². The summed E-state index contributed by atoms with van der Waals surface area (Å²) in [6.45, 7) is 6.13. The Hall–Kier alpha value is -1.81. The van der Waals surface area contributed by atoms with Gasteiger partial charge in [-0.1, -0.05) is 12.1 Å². The Morgan fingerprint density at radius 1 is 1.30 bits per heavy atom. The molecular formula is C16H23N3O. The van der Waals surface area contributed by atoms with E-state index < -0.39 is 0 Å². The summed E-state index contributed by atoms with van der Waals surface area (Å²) in [5.74, 6) is 0.327. The molecule has 0 bridgehead atoms. The Morgan fingerprint density at radius 2 is 2.05 bits per heavy atom. The van der Waals surface area contributed by atoms with Crippen LogP contribution in [0.2, 0.25) is 0 Å². The third-order valence-corrected chi connectivity index (χ3v) is 3.57. The molecule has 108 valence electrons. The molecule has 2 rings (SSSR count). The minimum Gasteiger partial charge on any atom is -0.508 e. The maximum absolute atomic E-state index is 9.25. The van der Waals surface area contributed by atoms with E-state index in [9.17, 15) is 5.11 Å². The van der Waals surface area contributed by atoms with Crippen LogP contribution < -0.4 is 5.32 Å². The van der Waals surface area contributed by atoms with Crippen molar-refractivity contribution in [3.8, 4) is 5.75 Å². The minimum absolute atomic E-state index is 0.327. The van der Waals surface area contributed by atoms with Crippen molar-refractivity contribution in [1.82, 2.24) is 14.9 Å². The van der Waals surface area contributed by atoms with Crippen LogP contribution in [0.15, 0.2) is 36.8 Å². The maximum Gasteiger partial charge on any atom is 0.115 e. The van der Waals surface area contributed by atoms with Gasteiger partial charge in [0.1, 0.15) is 5.75 Å². The molecule has 0 aliphatic heterocycles. The molecule has 1 aromatic heterocycles. The number of imidazole rings is 1. The van der Waals surface area contributed by atoms with E-state index in [4.69, 9.17) is 0 Å². The first-order valence-electron chi connectivity index (χ1n) is 7.19. The Labute approximate surface area is 120 Å². The Bertz CT molecular complexity index is 519. The molecule has 0 amide bonds. The van der Waals surface area contributed by atoms with Crippen molar-refractivity contribution in [2.75, 3.05) is 0 Å². The molecule has 2 aromatic rings. The molecule has 2 N–H and O–H groups in total. The number of rotatable bonds is 7. The highest BCUT2D eigenvalue weighted by Crippen LogP contribution is 2.12. The second-order valence-electron chi connectivity index (χ2n) is 5.16. The number of aromatic nitrogens is 2. The van der Waals surface area contributed by atoms with Crippen molar-refractivity contribution in [1.29, 1.82) is 0 Å². The first kappa shape index (κ1) is 14.6. The van der Waals surface area contributed by atoms with E-state index in [1.807, 2.05) is 24.7 Å². The normalized spacial score (nSPS) is 12.5. The highest BCUT2D eigenvalue weighted by atomic mass is 16.3. The smallest absolute Gasteiger partial charge is 0.115 e. The topological polar surface area (TPSA) is 50.1 Å².